The highest BCUT2D eigenvalue weighted by Gasteiger charge is 2.24. The number of rotatable bonds is 8. The van der Waals surface area contributed by atoms with Gasteiger partial charge in [0.1, 0.15) is 0 Å². The number of benzene rings is 2. The van der Waals surface area contributed by atoms with E-state index < -0.39 is 7.60 Å². The van der Waals surface area contributed by atoms with Crippen molar-refractivity contribution < 1.29 is 13.6 Å². The predicted molar refractivity (Wildman–Crippen MR) is 115 cm³/mol. The molecule has 0 saturated carbocycles. The van der Waals surface area contributed by atoms with Gasteiger partial charge in [0.15, 0.2) is 11.6 Å². The van der Waals surface area contributed by atoms with Crippen molar-refractivity contribution in [3.63, 3.8) is 0 Å². The fourth-order valence-corrected chi connectivity index (χ4v) is 4.91. The molecule has 0 saturated heterocycles. The van der Waals surface area contributed by atoms with E-state index in [0.717, 1.165) is 26.5 Å². The standard InChI is InChI=1S/C19H22BrN4O3P/c1-3-26-28(25,27-4-2)12-13-5-7-14(8-6-13)18-22-17-10-9-15(20)11-16(17)19(23-18)24-21/h5-11H,3-4,12,21H2,1-2H3,(H,22,23,24). The van der Waals surface area contributed by atoms with Crippen LogP contribution in [-0.2, 0) is 19.8 Å². The molecule has 0 spiro atoms. The number of anilines is 1. The lowest BCUT2D eigenvalue weighted by Crippen LogP contribution is -2.10. The highest BCUT2D eigenvalue weighted by Crippen LogP contribution is 2.51. The minimum Gasteiger partial charge on any atom is -0.309 e. The van der Waals surface area contributed by atoms with Gasteiger partial charge in [-0.3, -0.25) is 4.57 Å². The van der Waals surface area contributed by atoms with Crippen LogP contribution in [0.2, 0.25) is 0 Å². The molecular weight excluding hydrogens is 443 g/mol. The second-order valence-electron chi connectivity index (χ2n) is 6.00. The van der Waals surface area contributed by atoms with Crippen molar-refractivity contribution in [2.45, 2.75) is 20.0 Å². The lowest BCUT2D eigenvalue weighted by Gasteiger charge is -2.17. The predicted octanol–water partition coefficient (Wildman–Crippen LogP) is 5.11. The van der Waals surface area contributed by atoms with Gasteiger partial charge in [-0.25, -0.2) is 15.8 Å². The lowest BCUT2D eigenvalue weighted by atomic mass is 10.1. The Morgan fingerprint density at radius 1 is 1.07 bits per heavy atom. The number of nitrogens with two attached hydrogens (primary N) is 1. The number of nitrogens with one attached hydrogen (secondary N) is 1. The summed E-state index contributed by atoms with van der Waals surface area (Å²) >= 11 is 3.45. The van der Waals surface area contributed by atoms with Crippen molar-refractivity contribution in [3.05, 3.63) is 52.5 Å². The van der Waals surface area contributed by atoms with E-state index in [2.05, 4.69) is 31.3 Å². The van der Waals surface area contributed by atoms with Gasteiger partial charge >= 0.3 is 7.60 Å². The smallest absolute Gasteiger partial charge is 0.309 e. The zero-order valence-electron chi connectivity index (χ0n) is 15.7. The van der Waals surface area contributed by atoms with Crippen LogP contribution in [0.4, 0.5) is 5.82 Å². The summed E-state index contributed by atoms with van der Waals surface area (Å²) in [6.45, 7) is 4.28. The Kier molecular flexibility index (Phi) is 6.80. The molecule has 0 aliphatic rings. The Morgan fingerprint density at radius 3 is 2.36 bits per heavy atom. The molecule has 0 fully saturated rings. The van der Waals surface area contributed by atoms with Crippen molar-refractivity contribution in [3.8, 4) is 11.4 Å². The van der Waals surface area contributed by atoms with Crippen LogP contribution in [0.1, 0.15) is 19.4 Å². The van der Waals surface area contributed by atoms with Crippen LogP contribution in [-0.4, -0.2) is 23.2 Å². The second-order valence-corrected chi connectivity index (χ2v) is 8.97. The first-order valence-electron chi connectivity index (χ1n) is 8.89. The fraction of sp³-hybridized carbons (Fsp3) is 0.263. The molecule has 1 heterocycles. The maximum absolute atomic E-state index is 12.7. The molecule has 0 aliphatic carbocycles. The maximum atomic E-state index is 12.7. The van der Waals surface area contributed by atoms with Crippen LogP contribution in [0.5, 0.6) is 0 Å². The zero-order valence-corrected chi connectivity index (χ0v) is 18.2. The summed E-state index contributed by atoms with van der Waals surface area (Å²) in [4.78, 5) is 9.15. The van der Waals surface area contributed by atoms with E-state index in [0.29, 0.717) is 24.9 Å². The molecule has 0 unspecified atom stereocenters. The molecule has 7 nitrogen and oxygen atoms in total. The largest absolute Gasteiger partial charge is 0.335 e. The summed E-state index contributed by atoms with van der Waals surface area (Å²) in [5.41, 5.74) is 5.10. The van der Waals surface area contributed by atoms with Crippen LogP contribution in [0.25, 0.3) is 22.3 Å². The Morgan fingerprint density at radius 2 is 1.75 bits per heavy atom. The Balaban J connectivity index is 1.91. The summed E-state index contributed by atoms with van der Waals surface area (Å²) in [7, 11) is -3.14. The molecule has 3 rings (SSSR count). The molecule has 0 radical (unpaired) electrons. The SMILES string of the molecule is CCOP(=O)(Cc1ccc(-c2nc(NN)c3cc(Br)ccc3n2)cc1)OCC. The van der Waals surface area contributed by atoms with Gasteiger partial charge in [0, 0.05) is 15.4 Å². The molecule has 1 aromatic heterocycles. The average Bonchev–Trinajstić information content (AvgIpc) is 2.68. The van der Waals surface area contributed by atoms with Crippen molar-refractivity contribution in [1.29, 1.82) is 0 Å². The number of fused-ring (bicyclic) bond motifs is 1. The molecule has 0 bridgehead atoms. The minimum atomic E-state index is -3.14. The van der Waals surface area contributed by atoms with Gasteiger partial charge in [-0.15, -0.1) is 0 Å². The first-order chi connectivity index (χ1) is 13.5. The number of hydrogen-bond donors (Lipinski definition) is 2. The van der Waals surface area contributed by atoms with Gasteiger partial charge in [-0.2, -0.15) is 0 Å². The molecule has 9 heteroatoms. The average molecular weight is 465 g/mol. The number of nitrogen functional groups attached to an aromatic ring is 1. The van der Waals surface area contributed by atoms with E-state index in [-0.39, 0.29) is 6.16 Å². The summed E-state index contributed by atoms with van der Waals surface area (Å²) in [6.07, 6.45) is 0.219. The molecule has 3 aromatic rings. The van der Waals surface area contributed by atoms with Crippen molar-refractivity contribution in [2.24, 2.45) is 5.84 Å². The number of halogens is 1. The van der Waals surface area contributed by atoms with Crippen LogP contribution in [0, 0.1) is 0 Å². The highest BCUT2D eigenvalue weighted by molar-refractivity contribution is 9.10. The van der Waals surface area contributed by atoms with Gasteiger partial charge in [-0.05, 0) is 37.6 Å². The molecule has 3 N–H and O–H groups in total. The molecular formula is C19H22BrN4O3P. The fourth-order valence-electron chi connectivity index (χ4n) is 2.84. The number of aromatic nitrogens is 2. The molecule has 0 amide bonds. The highest BCUT2D eigenvalue weighted by atomic mass is 79.9. The molecule has 0 atom stereocenters. The van der Waals surface area contributed by atoms with Gasteiger partial charge in [-0.1, -0.05) is 40.2 Å². The van der Waals surface area contributed by atoms with E-state index in [9.17, 15) is 4.57 Å². The summed E-state index contributed by atoms with van der Waals surface area (Å²) in [5, 5.41) is 0.826. The maximum Gasteiger partial charge on any atom is 0.335 e. The Bertz CT molecular complexity index is 1000. The first kappa shape index (κ1) is 20.9. The summed E-state index contributed by atoms with van der Waals surface area (Å²) in [5.74, 6) is 6.74. The van der Waals surface area contributed by atoms with Gasteiger partial charge in [0.2, 0.25) is 0 Å². The summed E-state index contributed by atoms with van der Waals surface area (Å²) < 4.78 is 24.3. The number of hydrazine groups is 1. The number of hydrogen-bond acceptors (Lipinski definition) is 7. The summed E-state index contributed by atoms with van der Waals surface area (Å²) in [6, 6.07) is 13.3. The molecule has 148 valence electrons. The first-order valence-corrected chi connectivity index (χ1v) is 11.4. The lowest BCUT2D eigenvalue weighted by molar-refractivity contribution is 0.219. The van der Waals surface area contributed by atoms with Gasteiger partial charge < -0.3 is 14.5 Å². The van der Waals surface area contributed by atoms with E-state index >= 15 is 0 Å². The van der Waals surface area contributed by atoms with Crippen molar-refractivity contribution in [1.82, 2.24) is 9.97 Å². The third kappa shape index (κ3) is 4.77. The normalized spacial score (nSPS) is 11.7. The quantitative estimate of drug-likeness (QED) is 0.271. The minimum absolute atomic E-state index is 0.219. The molecule has 0 aliphatic heterocycles. The van der Waals surface area contributed by atoms with Crippen LogP contribution >= 0.6 is 23.5 Å². The van der Waals surface area contributed by atoms with E-state index in [1.165, 1.54) is 0 Å². The zero-order chi connectivity index (χ0) is 20.1. The van der Waals surface area contributed by atoms with Crippen LogP contribution in [0.15, 0.2) is 46.9 Å². The van der Waals surface area contributed by atoms with E-state index in [1.807, 2.05) is 42.5 Å². The second kappa shape index (κ2) is 9.11. The van der Waals surface area contributed by atoms with Crippen LogP contribution < -0.4 is 11.3 Å². The van der Waals surface area contributed by atoms with Gasteiger partial charge in [0.05, 0.1) is 24.9 Å². The van der Waals surface area contributed by atoms with E-state index in [4.69, 9.17) is 14.9 Å². The van der Waals surface area contributed by atoms with Gasteiger partial charge in [0.25, 0.3) is 0 Å². The Labute approximate surface area is 172 Å². The van der Waals surface area contributed by atoms with E-state index in [1.54, 1.807) is 13.8 Å². The monoisotopic (exact) mass is 464 g/mol. The Hall–Kier alpha value is -1.83. The third-order valence-corrected chi connectivity index (χ3v) is 6.58. The van der Waals surface area contributed by atoms with Crippen LogP contribution in [0.3, 0.4) is 0 Å². The number of nitrogens with zero attached hydrogens (tertiary/aromatic N) is 2. The molecule has 2 aromatic carbocycles. The van der Waals surface area contributed by atoms with Crippen molar-refractivity contribution >= 4 is 40.2 Å². The van der Waals surface area contributed by atoms with Crippen molar-refractivity contribution in [2.75, 3.05) is 18.6 Å². The third-order valence-electron chi connectivity index (χ3n) is 4.03. The topological polar surface area (TPSA) is 99.4 Å². The molecule has 28 heavy (non-hydrogen) atoms.